The molecule has 3 N–H and O–H groups in total. The SMILES string of the molecule is N[C@@H]1[C@H]2CC2CC12CCN(c1cnc3c(N4CCCc5ncccc54)n[nH]c3n1)CC2. The number of nitrogens with two attached hydrogens (primary N) is 1. The molecule has 8 nitrogen and oxygen atoms in total. The zero-order valence-corrected chi connectivity index (χ0v) is 17.7. The number of aromatic amines is 1. The molecule has 31 heavy (non-hydrogen) atoms. The predicted octanol–water partition coefficient (Wildman–Crippen LogP) is 2.79. The second-order valence-electron chi connectivity index (χ2n) is 9.94. The van der Waals surface area contributed by atoms with E-state index in [9.17, 15) is 0 Å². The van der Waals surface area contributed by atoms with Gasteiger partial charge in [-0.15, -0.1) is 0 Å². The summed E-state index contributed by atoms with van der Waals surface area (Å²) in [5.41, 5.74) is 10.8. The van der Waals surface area contributed by atoms with Crippen molar-refractivity contribution in [2.24, 2.45) is 23.0 Å². The number of aryl methyl sites for hydroxylation is 1. The van der Waals surface area contributed by atoms with Gasteiger partial charge in [0.15, 0.2) is 17.0 Å². The molecule has 3 atom stereocenters. The Balaban J connectivity index is 1.15. The molecular weight excluding hydrogens is 388 g/mol. The Morgan fingerprint density at radius 1 is 1.16 bits per heavy atom. The van der Waals surface area contributed by atoms with Crippen LogP contribution in [0.25, 0.3) is 11.2 Å². The molecule has 1 spiro atoms. The number of nitrogens with zero attached hydrogens (tertiary/aromatic N) is 6. The molecule has 7 rings (SSSR count). The van der Waals surface area contributed by atoms with Crippen molar-refractivity contribution < 1.29 is 0 Å². The van der Waals surface area contributed by atoms with E-state index in [1.165, 1.54) is 25.7 Å². The molecule has 5 heterocycles. The van der Waals surface area contributed by atoms with Crippen molar-refractivity contribution in [3.63, 3.8) is 0 Å². The van der Waals surface area contributed by atoms with E-state index in [1.807, 2.05) is 18.5 Å². The minimum atomic E-state index is 0.373. The van der Waals surface area contributed by atoms with E-state index in [4.69, 9.17) is 15.7 Å². The first-order chi connectivity index (χ1) is 15.2. The van der Waals surface area contributed by atoms with Crippen molar-refractivity contribution in [3.8, 4) is 0 Å². The van der Waals surface area contributed by atoms with E-state index in [2.05, 4.69) is 31.0 Å². The van der Waals surface area contributed by atoms with E-state index < -0.39 is 0 Å². The van der Waals surface area contributed by atoms with E-state index in [-0.39, 0.29) is 0 Å². The van der Waals surface area contributed by atoms with E-state index in [0.717, 1.165) is 78.5 Å². The summed E-state index contributed by atoms with van der Waals surface area (Å²) in [6.45, 7) is 2.94. The molecule has 1 saturated heterocycles. The largest absolute Gasteiger partial charge is 0.355 e. The van der Waals surface area contributed by atoms with Crippen LogP contribution in [0.3, 0.4) is 0 Å². The second kappa shape index (κ2) is 6.38. The fourth-order valence-corrected chi connectivity index (χ4v) is 6.51. The number of aromatic nitrogens is 5. The molecule has 0 radical (unpaired) electrons. The summed E-state index contributed by atoms with van der Waals surface area (Å²) in [6, 6.07) is 4.51. The van der Waals surface area contributed by atoms with Gasteiger partial charge in [-0.3, -0.25) is 10.1 Å². The number of fused-ring (bicyclic) bond motifs is 3. The summed E-state index contributed by atoms with van der Waals surface area (Å²) in [6.07, 6.45) is 10.9. The summed E-state index contributed by atoms with van der Waals surface area (Å²) in [5, 5.41) is 7.73. The molecule has 8 heteroatoms. The highest BCUT2D eigenvalue weighted by atomic mass is 15.3. The maximum Gasteiger partial charge on any atom is 0.183 e. The smallest absolute Gasteiger partial charge is 0.183 e. The number of H-pyrrole nitrogens is 1. The van der Waals surface area contributed by atoms with Crippen LogP contribution in [0.5, 0.6) is 0 Å². The van der Waals surface area contributed by atoms with Crippen LogP contribution in [0.1, 0.15) is 37.8 Å². The maximum atomic E-state index is 6.63. The summed E-state index contributed by atoms with van der Waals surface area (Å²) in [4.78, 5) is 18.8. The fraction of sp³-hybridized carbons (Fsp3) is 0.565. The van der Waals surface area contributed by atoms with Gasteiger partial charge in [-0.1, -0.05) is 0 Å². The van der Waals surface area contributed by atoms with Crippen LogP contribution >= 0.6 is 0 Å². The number of rotatable bonds is 2. The normalized spacial score (nSPS) is 28.7. The Hall–Kier alpha value is -2.74. The molecule has 3 aromatic heterocycles. The van der Waals surface area contributed by atoms with Gasteiger partial charge in [0, 0.05) is 31.9 Å². The Kier molecular flexibility index (Phi) is 3.69. The van der Waals surface area contributed by atoms with Gasteiger partial charge in [0.2, 0.25) is 0 Å². The van der Waals surface area contributed by atoms with Crippen molar-refractivity contribution in [1.29, 1.82) is 0 Å². The van der Waals surface area contributed by atoms with E-state index in [0.29, 0.717) is 11.5 Å². The molecule has 3 fully saturated rings. The Bertz CT molecular complexity index is 1150. The molecule has 3 aromatic rings. The first-order valence-electron chi connectivity index (χ1n) is 11.6. The highest BCUT2D eigenvalue weighted by Crippen LogP contribution is 2.62. The van der Waals surface area contributed by atoms with Gasteiger partial charge in [-0.25, -0.2) is 9.97 Å². The van der Waals surface area contributed by atoms with Crippen molar-refractivity contribution in [2.75, 3.05) is 29.4 Å². The lowest BCUT2D eigenvalue weighted by atomic mass is 9.72. The number of nitrogens with one attached hydrogen (secondary N) is 1. The monoisotopic (exact) mass is 416 g/mol. The van der Waals surface area contributed by atoms with Gasteiger partial charge in [0.05, 0.1) is 17.6 Å². The molecule has 2 aliphatic carbocycles. The quantitative estimate of drug-likeness (QED) is 0.662. The minimum absolute atomic E-state index is 0.373. The third-order valence-corrected chi connectivity index (χ3v) is 8.34. The topological polar surface area (TPSA) is 99.9 Å². The zero-order chi connectivity index (χ0) is 20.6. The molecule has 2 saturated carbocycles. The van der Waals surface area contributed by atoms with Crippen molar-refractivity contribution in [2.45, 2.75) is 44.6 Å². The number of pyridine rings is 1. The molecule has 0 amide bonds. The standard InChI is InChI=1S/C23H28N8/c24-20-15-11-14(15)12-23(20)5-9-30(10-6-23)18-13-26-19-21(27-18)28-29-22(19)31-8-2-3-16-17(31)4-1-7-25-16/h1,4,7,13-15,20H,2-3,5-6,8-12,24H2,(H,27,28,29)/t14?,15-,20+/m0/s1. The number of anilines is 3. The van der Waals surface area contributed by atoms with Crippen molar-refractivity contribution >= 4 is 28.5 Å². The number of hydrogen-bond acceptors (Lipinski definition) is 7. The van der Waals surface area contributed by atoms with Gasteiger partial charge < -0.3 is 15.5 Å². The highest BCUT2D eigenvalue weighted by molar-refractivity contribution is 5.87. The Labute approximate surface area is 181 Å². The van der Waals surface area contributed by atoms with Gasteiger partial charge in [-0.05, 0) is 67.9 Å². The van der Waals surface area contributed by atoms with Crippen LogP contribution < -0.4 is 15.5 Å². The van der Waals surface area contributed by atoms with Crippen LogP contribution in [-0.2, 0) is 6.42 Å². The van der Waals surface area contributed by atoms with Gasteiger partial charge >= 0.3 is 0 Å². The average Bonchev–Trinajstić information content (AvgIpc) is 3.36. The third-order valence-electron chi connectivity index (χ3n) is 8.34. The molecule has 0 aromatic carbocycles. The summed E-state index contributed by atoms with van der Waals surface area (Å²) < 4.78 is 0. The molecule has 1 unspecified atom stereocenters. The van der Waals surface area contributed by atoms with Crippen LogP contribution in [0.15, 0.2) is 24.5 Å². The zero-order valence-electron chi connectivity index (χ0n) is 17.7. The molecular formula is C23H28N8. The van der Waals surface area contributed by atoms with Gasteiger partial charge in [0.1, 0.15) is 5.82 Å². The lowest BCUT2D eigenvalue weighted by Crippen LogP contribution is -2.48. The van der Waals surface area contributed by atoms with Crippen LogP contribution in [0, 0.1) is 17.3 Å². The maximum absolute atomic E-state index is 6.63. The Morgan fingerprint density at radius 2 is 2.06 bits per heavy atom. The lowest BCUT2D eigenvalue weighted by Gasteiger charge is -2.43. The third kappa shape index (κ3) is 2.63. The summed E-state index contributed by atoms with van der Waals surface area (Å²) in [7, 11) is 0. The van der Waals surface area contributed by atoms with Gasteiger partial charge in [-0.2, -0.15) is 5.10 Å². The van der Waals surface area contributed by atoms with Crippen molar-refractivity contribution in [1.82, 2.24) is 25.1 Å². The predicted molar refractivity (Wildman–Crippen MR) is 119 cm³/mol. The first-order valence-corrected chi connectivity index (χ1v) is 11.6. The van der Waals surface area contributed by atoms with Crippen LogP contribution in [0.2, 0.25) is 0 Å². The Morgan fingerprint density at radius 3 is 2.90 bits per heavy atom. The molecule has 2 aliphatic heterocycles. The summed E-state index contributed by atoms with van der Waals surface area (Å²) in [5.74, 6) is 3.50. The minimum Gasteiger partial charge on any atom is -0.355 e. The average molecular weight is 417 g/mol. The van der Waals surface area contributed by atoms with E-state index in [1.54, 1.807) is 0 Å². The number of piperidine rings is 1. The molecule has 160 valence electrons. The second-order valence-corrected chi connectivity index (χ2v) is 9.94. The highest BCUT2D eigenvalue weighted by Gasteiger charge is 2.59. The number of hydrogen-bond donors (Lipinski definition) is 2. The van der Waals surface area contributed by atoms with Gasteiger partial charge in [0.25, 0.3) is 0 Å². The van der Waals surface area contributed by atoms with Crippen molar-refractivity contribution in [3.05, 3.63) is 30.2 Å². The van der Waals surface area contributed by atoms with E-state index >= 15 is 0 Å². The van der Waals surface area contributed by atoms with Crippen LogP contribution in [0.4, 0.5) is 17.3 Å². The molecule has 4 aliphatic rings. The molecule has 0 bridgehead atoms. The van der Waals surface area contributed by atoms with Crippen LogP contribution in [-0.4, -0.2) is 50.8 Å². The first kappa shape index (κ1) is 17.9. The fourth-order valence-electron chi connectivity index (χ4n) is 6.51. The summed E-state index contributed by atoms with van der Waals surface area (Å²) >= 11 is 0. The lowest BCUT2D eigenvalue weighted by molar-refractivity contribution is 0.172.